The smallest absolute Gasteiger partial charge is 0.261 e. The van der Waals surface area contributed by atoms with E-state index < -0.39 is 5.91 Å². The van der Waals surface area contributed by atoms with Crippen LogP contribution in [0, 0.1) is 0 Å². The summed E-state index contributed by atoms with van der Waals surface area (Å²) in [5, 5.41) is 4.05. The molecule has 0 saturated carbocycles. The van der Waals surface area contributed by atoms with Crippen LogP contribution in [0.25, 0.3) is 27.5 Å². The van der Waals surface area contributed by atoms with Crippen molar-refractivity contribution in [2.24, 2.45) is 0 Å². The summed E-state index contributed by atoms with van der Waals surface area (Å²) in [6.45, 7) is 0. The van der Waals surface area contributed by atoms with E-state index in [1.54, 1.807) is 81.2 Å². The molecule has 0 saturated heterocycles. The van der Waals surface area contributed by atoms with Crippen LogP contribution in [0.1, 0.15) is 10.4 Å². The van der Waals surface area contributed by atoms with Crippen molar-refractivity contribution in [2.45, 2.75) is 0 Å². The van der Waals surface area contributed by atoms with E-state index in [9.17, 15) is 9.59 Å². The molecule has 0 radical (unpaired) electrons. The molecule has 0 spiro atoms. The molecule has 2 aromatic heterocycles. The fourth-order valence-electron chi connectivity index (χ4n) is 4.74. The molecule has 6 aromatic rings. The Morgan fingerprint density at radius 3 is 2.34 bits per heavy atom. The number of benzene rings is 4. The van der Waals surface area contributed by atoms with Crippen LogP contribution in [0.2, 0.25) is 0 Å². The lowest BCUT2D eigenvalue weighted by Crippen LogP contribution is -2.23. The van der Waals surface area contributed by atoms with E-state index in [1.807, 2.05) is 47.0 Å². The largest absolute Gasteiger partial charge is 0.493 e. The topological polar surface area (TPSA) is 91.7 Å². The van der Waals surface area contributed by atoms with Crippen molar-refractivity contribution in [1.29, 1.82) is 0 Å². The summed E-state index contributed by atoms with van der Waals surface area (Å²) in [4.78, 5) is 31.2. The number of hydrogen-bond donors (Lipinski definition) is 1. The van der Waals surface area contributed by atoms with Gasteiger partial charge < -0.3 is 24.1 Å². The van der Waals surface area contributed by atoms with Gasteiger partial charge in [-0.1, -0.05) is 36.4 Å². The summed E-state index contributed by atoms with van der Waals surface area (Å²) >= 11 is 0. The van der Waals surface area contributed by atoms with E-state index in [0.717, 1.165) is 16.6 Å². The lowest BCUT2D eigenvalue weighted by atomic mass is 10.1. The number of rotatable bonds is 7. The maximum absolute atomic E-state index is 13.4. The Kier molecular flexibility index (Phi) is 6.79. The molecule has 41 heavy (non-hydrogen) atoms. The Hall–Kier alpha value is -5.63. The average Bonchev–Trinajstić information content (AvgIpc) is 3.01. The quantitative estimate of drug-likeness (QED) is 0.244. The molecular weight excluding hydrogens is 518 g/mol. The molecule has 1 N–H and O–H groups in total. The minimum atomic E-state index is -0.520. The highest BCUT2D eigenvalue weighted by Crippen LogP contribution is 2.37. The first-order valence-electron chi connectivity index (χ1n) is 12.9. The fraction of sp³-hybridized carbons (Fsp3) is 0.0606. The highest BCUT2D eigenvalue weighted by Gasteiger charge is 2.17. The van der Waals surface area contributed by atoms with E-state index in [0.29, 0.717) is 39.6 Å². The maximum Gasteiger partial charge on any atom is 0.261 e. The summed E-state index contributed by atoms with van der Waals surface area (Å²) < 4.78 is 18.9. The van der Waals surface area contributed by atoms with Crippen LogP contribution in [0.15, 0.2) is 114 Å². The minimum absolute atomic E-state index is 0.0278. The molecule has 0 atom stereocenters. The van der Waals surface area contributed by atoms with Gasteiger partial charge in [-0.25, -0.2) is 0 Å². The lowest BCUT2D eigenvalue weighted by molar-refractivity contribution is 0.102. The standard InChI is InChI=1S/C33H25N3O5/c1-39-30-18-25-27(19-31(30)40-2)34-16-15-29(25)41-23-12-8-9-21(17-23)35-33(38)26-20-36(22-10-4-3-5-11-22)28-14-7-6-13-24(28)32(26)37/h3-20H,1-2H3,(H,35,38). The second-order valence-electron chi connectivity index (χ2n) is 9.21. The molecule has 0 bridgehead atoms. The molecule has 6 rings (SSSR count). The van der Waals surface area contributed by atoms with Gasteiger partial charge >= 0.3 is 0 Å². The van der Waals surface area contributed by atoms with Gasteiger partial charge in [0.05, 0.1) is 25.3 Å². The third-order valence-corrected chi connectivity index (χ3v) is 6.72. The van der Waals surface area contributed by atoms with Crippen molar-refractivity contribution in [3.8, 4) is 28.7 Å². The number of anilines is 1. The molecule has 0 unspecified atom stereocenters. The molecule has 0 aliphatic carbocycles. The number of para-hydroxylation sites is 2. The highest BCUT2D eigenvalue weighted by molar-refractivity contribution is 6.06. The second-order valence-corrected chi connectivity index (χ2v) is 9.21. The van der Waals surface area contributed by atoms with Crippen LogP contribution < -0.4 is 25.0 Å². The monoisotopic (exact) mass is 543 g/mol. The number of pyridine rings is 2. The summed E-state index contributed by atoms with van der Waals surface area (Å²) in [6, 6.07) is 29.1. The zero-order valence-corrected chi connectivity index (χ0v) is 22.3. The molecule has 0 fully saturated rings. The van der Waals surface area contributed by atoms with E-state index in [4.69, 9.17) is 14.2 Å². The number of hydrogen-bond acceptors (Lipinski definition) is 6. The van der Waals surface area contributed by atoms with Crippen LogP contribution in [-0.2, 0) is 0 Å². The number of nitrogens with zero attached hydrogens (tertiary/aromatic N) is 2. The van der Waals surface area contributed by atoms with Crippen LogP contribution in [-0.4, -0.2) is 29.7 Å². The van der Waals surface area contributed by atoms with E-state index in [2.05, 4.69) is 10.3 Å². The second kappa shape index (κ2) is 10.9. The number of methoxy groups -OCH3 is 2. The van der Waals surface area contributed by atoms with Crippen LogP contribution in [0.4, 0.5) is 5.69 Å². The molecule has 0 aliphatic rings. The van der Waals surface area contributed by atoms with Gasteiger partial charge in [-0.2, -0.15) is 0 Å². The molecule has 0 aliphatic heterocycles. The Morgan fingerprint density at radius 1 is 0.780 bits per heavy atom. The van der Waals surface area contributed by atoms with Gasteiger partial charge in [0.25, 0.3) is 5.91 Å². The van der Waals surface area contributed by atoms with Gasteiger partial charge in [-0.15, -0.1) is 0 Å². The van der Waals surface area contributed by atoms with E-state index >= 15 is 0 Å². The van der Waals surface area contributed by atoms with Gasteiger partial charge in [0.2, 0.25) is 5.43 Å². The SMILES string of the molecule is COc1cc2nccc(Oc3cccc(NC(=O)c4cn(-c5ccccc5)c5ccccc5c4=O)c3)c2cc1OC. The van der Waals surface area contributed by atoms with Crippen molar-refractivity contribution < 1.29 is 19.0 Å². The van der Waals surface area contributed by atoms with Crippen LogP contribution >= 0.6 is 0 Å². The molecule has 1 amide bonds. The Morgan fingerprint density at radius 2 is 1.54 bits per heavy atom. The van der Waals surface area contributed by atoms with Crippen LogP contribution in [0.5, 0.6) is 23.0 Å². The number of ether oxygens (including phenoxy) is 3. The van der Waals surface area contributed by atoms with Gasteiger partial charge in [-0.05, 0) is 48.5 Å². The number of carbonyl (C=O) groups excluding carboxylic acids is 1. The highest BCUT2D eigenvalue weighted by atomic mass is 16.5. The lowest BCUT2D eigenvalue weighted by Gasteiger charge is -2.14. The fourth-order valence-corrected chi connectivity index (χ4v) is 4.74. The molecule has 2 heterocycles. The zero-order chi connectivity index (χ0) is 28.3. The van der Waals surface area contributed by atoms with Gasteiger partial charge in [0, 0.05) is 46.7 Å². The summed E-state index contributed by atoms with van der Waals surface area (Å²) in [5.74, 6) is 1.64. The molecule has 8 heteroatoms. The number of fused-ring (bicyclic) bond motifs is 2. The Labute approximate surface area is 235 Å². The van der Waals surface area contributed by atoms with Crippen molar-refractivity contribution in [3.05, 3.63) is 125 Å². The van der Waals surface area contributed by atoms with E-state index in [-0.39, 0.29) is 11.0 Å². The van der Waals surface area contributed by atoms with Gasteiger partial charge in [0.1, 0.15) is 17.1 Å². The Balaban J connectivity index is 1.32. The van der Waals surface area contributed by atoms with Gasteiger partial charge in [-0.3, -0.25) is 14.6 Å². The first kappa shape index (κ1) is 25.6. The first-order valence-corrected chi connectivity index (χ1v) is 12.9. The number of nitrogens with one attached hydrogen (secondary N) is 1. The average molecular weight is 544 g/mol. The number of carbonyl (C=O) groups is 1. The number of amides is 1. The number of aromatic nitrogens is 2. The third-order valence-electron chi connectivity index (χ3n) is 6.72. The van der Waals surface area contributed by atoms with Crippen LogP contribution in [0.3, 0.4) is 0 Å². The molecular formula is C33H25N3O5. The normalized spacial score (nSPS) is 10.9. The molecule has 4 aromatic carbocycles. The van der Waals surface area contributed by atoms with Crippen molar-refractivity contribution in [1.82, 2.24) is 9.55 Å². The summed E-state index contributed by atoms with van der Waals surface area (Å²) in [7, 11) is 3.13. The predicted octanol–water partition coefficient (Wildman–Crippen LogP) is 6.60. The maximum atomic E-state index is 13.4. The molecule has 202 valence electrons. The predicted molar refractivity (Wildman–Crippen MR) is 159 cm³/mol. The van der Waals surface area contributed by atoms with E-state index in [1.165, 1.54) is 0 Å². The van der Waals surface area contributed by atoms with Crippen molar-refractivity contribution >= 4 is 33.4 Å². The van der Waals surface area contributed by atoms with Crippen molar-refractivity contribution in [2.75, 3.05) is 19.5 Å². The first-order chi connectivity index (χ1) is 20.1. The minimum Gasteiger partial charge on any atom is -0.493 e. The van der Waals surface area contributed by atoms with Gasteiger partial charge in [0.15, 0.2) is 11.5 Å². The molecule has 8 nitrogen and oxygen atoms in total. The summed E-state index contributed by atoms with van der Waals surface area (Å²) in [5.41, 5.74) is 2.39. The zero-order valence-electron chi connectivity index (χ0n) is 22.3. The third kappa shape index (κ3) is 4.94. The summed E-state index contributed by atoms with van der Waals surface area (Å²) in [6.07, 6.45) is 3.23. The Bertz CT molecular complexity index is 1970. The van der Waals surface area contributed by atoms with Crippen molar-refractivity contribution in [3.63, 3.8) is 0 Å².